The third-order valence-electron chi connectivity index (χ3n) is 5.08. The van der Waals surface area contributed by atoms with Crippen molar-refractivity contribution in [1.29, 1.82) is 0 Å². The van der Waals surface area contributed by atoms with Crippen LogP contribution in [0, 0.1) is 0 Å². The van der Waals surface area contributed by atoms with E-state index in [-0.39, 0.29) is 5.11 Å². The highest BCUT2D eigenvalue weighted by atomic mass is 35.5. The van der Waals surface area contributed by atoms with Crippen LogP contribution < -0.4 is 10.6 Å². The van der Waals surface area contributed by atoms with E-state index < -0.39 is 5.91 Å². The van der Waals surface area contributed by atoms with Crippen molar-refractivity contribution in [2.24, 2.45) is 0 Å². The summed E-state index contributed by atoms with van der Waals surface area (Å²) >= 11 is 11.6. The minimum atomic E-state index is -0.411. The highest BCUT2D eigenvalue weighted by molar-refractivity contribution is 7.80. The van der Waals surface area contributed by atoms with Gasteiger partial charge in [-0.25, -0.2) is 4.98 Å². The maximum atomic E-state index is 12.3. The maximum Gasteiger partial charge on any atom is 0.250 e. The molecule has 8 heteroatoms. The summed E-state index contributed by atoms with van der Waals surface area (Å²) in [6.07, 6.45) is 2.92. The Morgan fingerprint density at radius 2 is 1.71 bits per heavy atom. The molecule has 2 aromatic heterocycles. The summed E-state index contributed by atoms with van der Waals surface area (Å²) in [5.41, 5.74) is 3.63. The zero-order valence-electron chi connectivity index (χ0n) is 18.2. The molecule has 6 nitrogen and oxygen atoms in total. The van der Waals surface area contributed by atoms with Crippen molar-refractivity contribution in [2.75, 3.05) is 5.32 Å². The number of carbonyl (C=O) groups excluding carboxylic acids is 1. The fourth-order valence-electron chi connectivity index (χ4n) is 3.41. The third-order valence-corrected chi connectivity index (χ3v) is 5.61. The van der Waals surface area contributed by atoms with Crippen molar-refractivity contribution in [3.63, 3.8) is 0 Å². The Hall–Kier alpha value is -4.20. The largest absolute Gasteiger partial charge is 0.457 e. The first-order valence-corrected chi connectivity index (χ1v) is 11.4. The van der Waals surface area contributed by atoms with Crippen LogP contribution in [0.1, 0.15) is 5.76 Å². The Morgan fingerprint density at radius 3 is 2.54 bits per heavy atom. The molecule has 2 heterocycles. The Balaban J connectivity index is 1.23. The van der Waals surface area contributed by atoms with Gasteiger partial charge in [0, 0.05) is 17.2 Å². The van der Waals surface area contributed by atoms with Gasteiger partial charge in [0.25, 0.3) is 0 Å². The van der Waals surface area contributed by atoms with Crippen molar-refractivity contribution < 1.29 is 13.6 Å². The Kier molecular flexibility index (Phi) is 6.43. The molecule has 0 saturated heterocycles. The number of halogens is 1. The number of furan rings is 1. The smallest absolute Gasteiger partial charge is 0.250 e. The summed E-state index contributed by atoms with van der Waals surface area (Å²) in [5, 5.41) is 6.08. The molecule has 0 bridgehead atoms. The van der Waals surface area contributed by atoms with Crippen LogP contribution in [0.25, 0.3) is 40.0 Å². The van der Waals surface area contributed by atoms with E-state index in [1.807, 2.05) is 60.7 Å². The number of hydrogen-bond donors (Lipinski definition) is 2. The van der Waals surface area contributed by atoms with Gasteiger partial charge in [-0.2, -0.15) is 0 Å². The number of nitrogens with one attached hydrogen (secondary N) is 2. The van der Waals surface area contributed by atoms with Crippen molar-refractivity contribution >= 4 is 57.7 Å². The summed E-state index contributed by atoms with van der Waals surface area (Å²) < 4.78 is 11.6. The lowest BCUT2D eigenvalue weighted by molar-refractivity contribution is -0.115. The Morgan fingerprint density at radius 1 is 0.914 bits per heavy atom. The van der Waals surface area contributed by atoms with Crippen LogP contribution >= 0.6 is 23.8 Å². The molecule has 172 valence electrons. The molecule has 1 amide bonds. The molecule has 0 saturated carbocycles. The van der Waals surface area contributed by atoms with E-state index in [1.165, 1.54) is 6.08 Å². The number of thiocarbonyl (C=S) groups is 1. The maximum absolute atomic E-state index is 12.3. The number of para-hydroxylation sites is 2. The van der Waals surface area contributed by atoms with E-state index in [4.69, 9.17) is 32.7 Å². The summed E-state index contributed by atoms with van der Waals surface area (Å²) in [4.78, 5) is 16.8. The first-order chi connectivity index (χ1) is 17.0. The fourth-order valence-corrected chi connectivity index (χ4v) is 3.79. The third kappa shape index (κ3) is 5.32. The van der Waals surface area contributed by atoms with Crippen molar-refractivity contribution in [3.05, 3.63) is 102 Å². The quantitative estimate of drug-likeness (QED) is 0.201. The van der Waals surface area contributed by atoms with Gasteiger partial charge < -0.3 is 14.2 Å². The summed E-state index contributed by atoms with van der Waals surface area (Å²) in [7, 11) is 0. The lowest BCUT2D eigenvalue weighted by Gasteiger charge is -2.10. The molecule has 35 heavy (non-hydrogen) atoms. The predicted octanol–water partition coefficient (Wildman–Crippen LogP) is 6.93. The van der Waals surface area contributed by atoms with Gasteiger partial charge in [-0.3, -0.25) is 10.1 Å². The molecule has 2 N–H and O–H groups in total. The zero-order valence-corrected chi connectivity index (χ0v) is 19.8. The van der Waals surface area contributed by atoms with Crippen LogP contribution in [0.2, 0.25) is 5.02 Å². The molecule has 0 aliphatic rings. The molecular weight excluding hydrogens is 482 g/mol. The van der Waals surface area contributed by atoms with Crippen molar-refractivity contribution in [3.8, 4) is 22.8 Å². The SMILES string of the molecule is O=C(/C=C/c1ccc(-c2ccccc2)o1)NC(=S)Nc1cc(-c2nc3ccccc3o2)ccc1Cl. The molecule has 0 spiro atoms. The molecular formula is C27H18ClN3O3S. The molecule has 0 aliphatic carbocycles. The number of hydrogen-bond acceptors (Lipinski definition) is 5. The number of oxazole rings is 1. The molecule has 0 unspecified atom stereocenters. The minimum absolute atomic E-state index is 0.0979. The lowest BCUT2D eigenvalue weighted by Crippen LogP contribution is -2.32. The van der Waals surface area contributed by atoms with Gasteiger partial charge >= 0.3 is 0 Å². The van der Waals surface area contributed by atoms with Crippen LogP contribution in [-0.2, 0) is 4.79 Å². The van der Waals surface area contributed by atoms with Crippen LogP contribution in [0.3, 0.4) is 0 Å². The Labute approximate surface area is 211 Å². The predicted molar refractivity (Wildman–Crippen MR) is 142 cm³/mol. The van der Waals surface area contributed by atoms with Crippen molar-refractivity contribution in [1.82, 2.24) is 10.3 Å². The van der Waals surface area contributed by atoms with E-state index in [2.05, 4.69) is 15.6 Å². The highest BCUT2D eigenvalue weighted by Gasteiger charge is 2.12. The van der Waals surface area contributed by atoms with E-state index in [0.717, 1.165) is 16.8 Å². The van der Waals surface area contributed by atoms with Gasteiger partial charge in [0.1, 0.15) is 17.0 Å². The number of carbonyl (C=O) groups is 1. The molecule has 3 aromatic carbocycles. The van der Waals surface area contributed by atoms with E-state index in [1.54, 1.807) is 30.3 Å². The fraction of sp³-hybridized carbons (Fsp3) is 0. The second-order valence-electron chi connectivity index (χ2n) is 7.53. The van der Waals surface area contributed by atoms with Crippen LogP contribution in [0.5, 0.6) is 0 Å². The molecule has 0 fully saturated rings. The van der Waals surface area contributed by atoms with Gasteiger partial charge in [-0.05, 0) is 60.8 Å². The number of nitrogens with zero attached hydrogens (tertiary/aromatic N) is 1. The average Bonchev–Trinajstić information content (AvgIpc) is 3.52. The second-order valence-corrected chi connectivity index (χ2v) is 8.34. The number of rotatable bonds is 5. The summed E-state index contributed by atoms with van der Waals surface area (Å²) in [6, 6.07) is 26.1. The van der Waals surface area contributed by atoms with E-state index in [9.17, 15) is 4.79 Å². The topological polar surface area (TPSA) is 80.3 Å². The van der Waals surface area contributed by atoms with Crippen LogP contribution in [0.15, 0.2) is 99.8 Å². The monoisotopic (exact) mass is 499 g/mol. The number of benzene rings is 3. The first kappa shape index (κ1) is 22.6. The average molecular weight is 500 g/mol. The molecule has 0 radical (unpaired) electrons. The zero-order chi connectivity index (χ0) is 24.2. The van der Waals surface area contributed by atoms with Crippen molar-refractivity contribution in [2.45, 2.75) is 0 Å². The number of amides is 1. The lowest BCUT2D eigenvalue weighted by atomic mass is 10.2. The molecule has 0 aliphatic heterocycles. The summed E-state index contributed by atoms with van der Waals surface area (Å²) in [5.74, 6) is 1.31. The van der Waals surface area contributed by atoms with Gasteiger partial charge in [0.05, 0.1) is 10.7 Å². The normalized spacial score (nSPS) is 11.1. The van der Waals surface area contributed by atoms with Crippen LogP contribution in [0.4, 0.5) is 5.69 Å². The standard InChI is InChI=1S/C27H18ClN3O3S/c28-20-13-10-18(26-29-21-8-4-5-9-24(21)34-26)16-22(20)30-27(35)31-25(32)15-12-19-11-14-23(33-19)17-6-2-1-3-7-17/h1-16H,(H2,30,31,32,35)/b15-12+. The van der Waals surface area contributed by atoms with Gasteiger partial charge in [-0.1, -0.05) is 54.1 Å². The summed E-state index contributed by atoms with van der Waals surface area (Å²) in [6.45, 7) is 0. The van der Waals surface area contributed by atoms with Gasteiger partial charge in [0.15, 0.2) is 10.7 Å². The van der Waals surface area contributed by atoms with Gasteiger partial charge in [-0.15, -0.1) is 0 Å². The number of anilines is 1. The highest BCUT2D eigenvalue weighted by Crippen LogP contribution is 2.30. The number of fused-ring (bicyclic) bond motifs is 1. The second kappa shape index (κ2) is 9.97. The van der Waals surface area contributed by atoms with E-state index in [0.29, 0.717) is 33.5 Å². The van der Waals surface area contributed by atoms with Crippen LogP contribution in [-0.4, -0.2) is 16.0 Å². The molecule has 5 aromatic rings. The Bertz CT molecular complexity index is 1520. The molecule has 5 rings (SSSR count). The number of aromatic nitrogens is 1. The minimum Gasteiger partial charge on any atom is -0.457 e. The van der Waals surface area contributed by atoms with E-state index >= 15 is 0 Å². The molecule has 0 atom stereocenters. The first-order valence-electron chi connectivity index (χ1n) is 10.7. The van der Waals surface area contributed by atoms with Gasteiger partial charge in [0.2, 0.25) is 11.8 Å².